The van der Waals surface area contributed by atoms with Crippen molar-refractivity contribution in [2.75, 3.05) is 13.7 Å². The number of ether oxygens (including phenoxy) is 1. The van der Waals surface area contributed by atoms with Gasteiger partial charge < -0.3 is 15.2 Å². The molecule has 1 aromatic carbocycles. The zero-order valence-electron chi connectivity index (χ0n) is 11.5. The van der Waals surface area contributed by atoms with E-state index in [0.29, 0.717) is 12.0 Å². The Morgan fingerprint density at radius 2 is 2.21 bits per heavy atom. The smallest absolute Gasteiger partial charge is 0.251 e. The summed E-state index contributed by atoms with van der Waals surface area (Å²) in [7, 11) is 1.34. The highest BCUT2D eigenvalue weighted by atomic mass is 19.1. The lowest BCUT2D eigenvalue weighted by Crippen LogP contribution is -2.40. The van der Waals surface area contributed by atoms with Gasteiger partial charge in [0.15, 0.2) is 11.6 Å². The van der Waals surface area contributed by atoms with Gasteiger partial charge in [0.1, 0.15) is 0 Å². The molecular formula is C14H20FNO3. The Hall–Kier alpha value is -1.62. The normalized spacial score (nSPS) is 13.7. The molecule has 1 amide bonds. The van der Waals surface area contributed by atoms with Crippen molar-refractivity contribution >= 4 is 5.91 Å². The van der Waals surface area contributed by atoms with Crippen molar-refractivity contribution in [3.8, 4) is 5.75 Å². The zero-order chi connectivity index (χ0) is 14.5. The fraction of sp³-hybridized carbons (Fsp3) is 0.500. The average molecular weight is 269 g/mol. The van der Waals surface area contributed by atoms with Crippen molar-refractivity contribution < 1.29 is 19.0 Å². The maximum Gasteiger partial charge on any atom is 0.251 e. The minimum absolute atomic E-state index is 0.0213. The van der Waals surface area contributed by atoms with E-state index in [1.54, 1.807) is 6.92 Å². The lowest BCUT2D eigenvalue weighted by Gasteiger charge is -2.22. The Bertz CT molecular complexity index is 446. The van der Waals surface area contributed by atoms with Crippen LogP contribution in [0.4, 0.5) is 4.39 Å². The van der Waals surface area contributed by atoms with Gasteiger partial charge in [-0.15, -0.1) is 0 Å². The Balaban J connectivity index is 2.68. The van der Waals surface area contributed by atoms with Gasteiger partial charge >= 0.3 is 0 Å². The molecule has 0 saturated carbocycles. The van der Waals surface area contributed by atoms with Crippen LogP contribution in [0.25, 0.3) is 0 Å². The topological polar surface area (TPSA) is 58.6 Å². The highest BCUT2D eigenvalue weighted by Gasteiger charge is 2.20. The molecule has 2 N–H and O–H groups in total. The van der Waals surface area contributed by atoms with Gasteiger partial charge in [-0.2, -0.15) is 0 Å². The number of aliphatic hydroxyl groups is 1. The number of benzene rings is 1. The molecule has 0 radical (unpaired) electrons. The van der Waals surface area contributed by atoms with Gasteiger partial charge in [-0.3, -0.25) is 4.79 Å². The first-order valence-electron chi connectivity index (χ1n) is 6.23. The summed E-state index contributed by atoms with van der Waals surface area (Å²) in [4.78, 5) is 11.9. The molecule has 1 rings (SSSR count). The molecule has 0 aliphatic carbocycles. The Morgan fingerprint density at radius 3 is 2.79 bits per heavy atom. The summed E-state index contributed by atoms with van der Waals surface area (Å²) in [6.07, 6.45) is 1.42. The van der Waals surface area contributed by atoms with Crippen LogP contribution in [-0.2, 0) is 0 Å². The van der Waals surface area contributed by atoms with Crippen molar-refractivity contribution in [3.05, 3.63) is 29.6 Å². The molecule has 0 aliphatic heterocycles. The molecule has 1 unspecified atom stereocenters. The Kier molecular flexibility index (Phi) is 5.30. The second-order valence-electron chi connectivity index (χ2n) is 4.78. The van der Waals surface area contributed by atoms with Gasteiger partial charge in [0, 0.05) is 12.1 Å². The molecule has 4 nitrogen and oxygen atoms in total. The molecular weight excluding hydrogens is 249 g/mol. The first-order chi connectivity index (χ1) is 8.89. The van der Waals surface area contributed by atoms with Gasteiger partial charge in [-0.05, 0) is 31.5 Å². The summed E-state index contributed by atoms with van der Waals surface area (Å²) in [6, 6.07) is 3.89. The van der Waals surface area contributed by atoms with E-state index in [0.717, 1.165) is 6.42 Å². The lowest BCUT2D eigenvalue weighted by molar-refractivity contribution is 0.0469. The number of halogens is 1. The fourth-order valence-electron chi connectivity index (χ4n) is 1.80. The summed E-state index contributed by atoms with van der Waals surface area (Å²) in [5.41, 5.74) is -0.639. The SMILES string of the molecule is CCCC(C)(O)CNC(=O)c1ccc(F)c(OC)c1. The molecule has 0 aromatic heterocycles. The van der Waals surface area contributed by atoms with E-state index in [1.807, 2.05) is 6.92 Å². The zero-order valence-corrected chi connectivity index (χ0v) is 11.5. The first-order valence-corrected chi connectivity index (χ1v) is 6.23. The fourth-order valence-corrected chi connectivity index (χ4v) is 1.80. The molecule has 5 heteroatoms. The van der Waals surface area contributed by atoms with Gasteiger partial charge in [0.2, 0.25) is 0 Å². The highest BCUT2D eigenvalue weighted by Crippen LogP contribution is 2.18. The van der Waals surface area contributed by atoms with Crippen molar-refractivity contribution in [2.45, 2.75) is 32.3 Å². The van der Waals surface area contributed by atoms with Crippen LogP contribution in [0, 0.1) is 5.82 Å². The number of carbonyl (C=O) groups excluding carboxylic acids is 1. The summed E-state index contributed by atoms with van der Waals surface area (Å²) in [5.74, 6) is -0.861. The minimum atomic E-state index is -0.936. The molecule has 0 aliphatic rings. The number of methoxy groups -OCH3 is 1. The summed E-state index contributed by atoms with van der Waals surface area (Å²) in [5, 5.41) is 12.6. The quantitative estimate of drug-likeness (QED) is 0.831. The number of amides is 1. The maximum atomic E-state index is 13.2. The van der Waals surface area contributed by atoms with Crippen molar-refractivity contribution in [2.24, 2.45) is 0 Å². The van der Waals surface area contributed by atoms with Gasteiger partial charge in [0.05, 0.1) is 12.7 Å². The van der Waals surface area contributed by atoms with Crippen LogP contribution in [-0.4, -0.2) is 30.3 Å². The minimum Gasteiger partial charge on any atom is -0.494 e. The average Bonchev–Trinajstić information content (AvgIpc) is 2.36. The molecule has 19 heavy (non-hydrogen) atoms. The maximum absolute atomic E-state index is 13.2. The third-order valence-electron chi connectivity index (χ3n) is 2.83. The van der Waals surface area contributed by atoms with Gasteiger partial charge in [0.25, 0.3) is 5.91 Å². The van der Waals surface area contributed by atoms with Crippen molar-refractivity contribution in [1.29, 1.82) is 0 Å². The van der Waals surface area contributed by atoms with Crippen LogP contribution in [0.1, 0.15) is 37.0 Å². The largest absolute Gasteiger partial charge is 0.494 e. The number of carbonyl (C=O) groups is 1. The number of nitrogens with one attached hydrogen (secondary N) is 1. The molecule has 0 heterocycles. The van der Waals surface area contributed by atoms with Crippen LogP contribution in [0.3, 0.4) is 0 Å². The van der Waals surface area contributed by atoms with Gasteiger partial charge in [-0.25, -0.2) is 4.39 Å². The van der Waals surface area contributed by atoms with Crippen LogP contribution in [0.15, 0.2) is 18.2 Å². The predicted octanol–water partition coefficient (Wildman–Crippen LogP) is 2.12. The second kappa shape index (κ2) is 6.52. The summed E-state index contributed by atoms with van der Waals surface area (Å²) in [6.45, 7) is 3.78. The third kappa shape index (κ3) is 4.52. The van der Waals surface area contributed by atoms with E-state index in [4.69, 9.17) is 4.74 Å². The number of hydrogen-bond acceptors (Lipinski definition) is 3. The standard InChI is InChI=1S/C14H20FNO3/c1-4-7-14(2,18)9-16-13(17)10-5-6-11(15)12(8-10)19-3/h5-6,8,18H,4,7,9H2,1-3H3,(H,16,17). The van der Waals surface area contributed by atoms with E-state index < -0.39 is 11.4 Å². The molecule has 0 saturated heterocycles. The van der Waals surface area contributed by atoms with Crippen molar-refractivity contribution in [1.82, 2.24) is 5.32 Å². The van der Waals surface area contributed by atoms with Crippen molar-refractivity contribution in [3.63, 3.8) is 0 Å². The molecule has 0 fully saturated rings. The van der Waals surface area contributed by atoms with E-state index in [1.165, 1.54) is 25.3 Å². The third-order valence-corrected chi connectivity index (χ3v) is 2.83. The first kappa shape index (κ1) is 15.4. The van der Waals surface area contributed by atoms with E-state index in [-0.39, 0.29) is 18.2 Å². The Labute approximate surface area is 112 Å². The number of rotatable bonds is 6. The van der Waals surface area contributed by atoms with Crippen LogP contribution in [0.2, 0.25) is 0 Å². The molecule has 1 aromatic rings. The lowest BCUT2D eigenvalue weighted by atomic mass is 10.0. The number of hydrogen-bond donors (Lipinski definition) is 2. The van der Waals surface area contributed by atoms with E-state index in [9.17, 15) is 14.3 Å². The van der Waals surface area contributed by atoms with Crippen LogP contribution >= 0.6 is 0 Å². The molecule has 1 atom stereocenters. The summed E-state index contributed by atoms with van der Waals surface area (Å²) >= 11 is 0. The molecule has 0 bridgehead atoms. The summed E-state index contributed by atoms with van der Waals surface area (Å²) < 4.78 is 18.0. The Morgan fingerprint density at radius 1 is 1.53 bits per heavy atom. The monoisotopic (exact) mass is 269 g/mol. The molecule has 106 valence electrons. The van der Waals surface area contributed by atoms with Gasteiger partial charge in [-0.1, -0.05) is 13.3 Å². The predicted molar refractivity (Wildman–Crippen MR) is 70.8 cm³/mol. The van der Waals surface area contributed by atoms with E-state index in [2.05, 4.69) is 5.32 Å². The second-order valence-corrected chi connectivity index (χ2v) is 4.78. The highest BCUT2D eigenvalue weighted by molar-refractivity contribution is 5.94. The molecule has 0 spiro atoms. The van der Waals surface area contributed by atoms with Crippen LogP contribution < -0.4 is 10.1 Å². The van der Waals surface area contributed by atoms with E-state index >= 15 is 0 Å². The van der Waals surface area contributed by atoms with Crippen LogP contribution in [0.5, 0.6) is 5.75 Å².